The predicted molar refractivity (Wildman–Crippen MR) is 316 cm³/mol. The number of fused-ring (bicyclic) bond motifs is 12. The number of rotatable bonds is 7. The van der Waals surface area contributed by atoms with Crippen LogP contribution in [0.5, 0.6) is 0 Å². The van der Waals surface area contributed by atoms with E-state index in [2.05, 4.69) is 290 Å². The van der Waals surface area contributed by atoms with Crippen molar-refractivity contribution in [3.8, 4) is 55.9 Å². The molecule has 0 radical (unpaired) electrons. The van der Waals surface area contributed by atoms with Gasteiger partial charge in [0.1, 0.15) is 0 Å². The lowest BCUT2D eigenvalue weighted by Crippen LogP contribution is -2.19. The zero-order chi connectivity index (χ0) is 50.2. The molecule has 2 aliphatic rings. The summed E-state index contributed by atoms with van der Waals surface area (Å²) in [5, 5.41) is 5.05. The van der Waals surface area contributed by atoms with Gasteiger partial charge in [0.15, 0.2) is 0 Å². The Bertz CT molecular complexity index is 4250. The molecule has 15 rings (SSSR count). The van der Waals surface area contributed by atoms with E-state index in [0.29, 0.717) is 0 Å². The Balaban J connectivity index is 0.915. The molecular formula is C72H53N3. The Morgan fingerprint density at radius 2 is 0.680 bits per heavy atom. The Labute approximate surface area is 437 Å². The standard InChI is InChI=1S/C72H53N3/c1-71(2)62-42-52(73(50-35-31-48(32-36-50)46-19-7-5-8-20-46)51-37-33-49(34-38-51)47-21-9-6-10-22-47)39-40-54(62)59-44-64-60(45-63(59)71)61-41-53(74-65-27-15-11-23-55(65)56-24-12-16-28-66(56)74)43-69(70(61)72(64,3)4)75-67-29-17-13-25-57(67)58-26-14-18-30-68(58)75/h5-45H,1-4H3. The highest BCUT2D eigenvalue weighted by atomic mass is 15.1. The van der Waals surface area contributed by atoms with E-state index in [1.54, 1.807) is 0 Å². The van der Waals surface area contributed by atoms with Crippen LogP contribution in [-0.4, -0.2) is 9.13 Å². The minimum Gasteiger partial charge on any atom is -0.310 e. The van der Waals surface area contributed by atoms with Gasteiger partial charge in [-0.25, -0.2) is 0 Å². The summed E-state index contributed by atoms with van der Waals surface area (Å²) in [5.74, 6) is 0. The average molecular weight is 960 g/mol. The fourth-order valence-electron chi connectivity index (χ4n) is 13.3. The van der Waals surface area contributed by atoms with Gasteiger partial charge in [0.2, 0.25) is 0 Å². The first kappa shape index (κ1) is 43.4. The van der Waals surface area contributed by atoms with Gasteiger partial charge in [-0.05, 0) is 152 Å². The summed E-state index contributed by atoms with van der Waals surface area (Å²) < 4.78 is 5.05. The van der Waals surface area contributed by atoms with Crippen LogP contribution < -0.4 is 4.90 Å². The zero-order valence-electron chi connectivity index (χ0n) is 42.5. The SMILES string of the molecule is CC1(C)c2cc(N(c3ccc(-c4ccccc4)cc3)c3ccc(-c4ccccc4)cc3)ccc2-c2cc3c(cc21)-c1cc(-n2c4ccccc4c4ccccc42)cc(-n2c4ccccc4c4ccccc42)c1C3(C)C. The van der Waals surface area contributed by atoms with Crippen molar-refractivity contribution in [3.05, 3.63) is 271 Å². The van der Waals surface area contributed by atoms with Crippen molar-refractivity contribution in [2.24, 2.45) is 0 Å². The minimum absolute atomic E-state index is 0.289. The zero-order valence-corrected chi connectivity index (χ0v) is 42.5. The highest BCUT2D eigenvalue weighted by molar-refractivity contribution is 6.11. The van der Waals surface area contributed by atoms with Gasteiger partial charge < -0.3 is 14.0 Å². The van der Waals surface area contributed by atoms with Crippen LogP contribution in [-0.2, 0) is 10.8 Å². The highest BCUT2D eigenvalue weighted by Crippen LogP contribution is 2.59. The third-order valence-electron chi connectivity index (χ3n) is 16.9. The molecule has 0 aliphatic heterocycles. The van der Waals surface area contributed by atoms with Gasteiger partial charge in [-0.3, -0.25) is 0 Å². The maximum atomic E-state index is 2.58. The molecule has 0 spiro atoms. The van der Waals surface area contributed by atoms with Gasteiger partial charge in [0, 0.05) is 55.1 Å². The molecule has 13 aromatic rings. The number of hydrogen-bond donors (Lipinski definition) is 0. The van der Waals surface area contributed by atoms with Crippen LogP contribution in [0.25, 0.3) is 99.5 Å². The normalized spacial score (nSPS) is 13.8. The van der Waals surface area contributed by atoms with Crippen LogP contribution in [0.4, 0.5) is 17.1 Å². The second kappa shape index (κ2) is 16.2. The van der Waals surface area contributed by atoms with Crippen molar-refractivity contribution in [2.75, 3.05) is 4.90 Å². The maximum absolute atomic E-state index is 2.58. The third-order valence-corrected chi connectivity index (χ3v) is 16.9. The van der Waals surface area contributed by atoms with E-state index in [1.165, 1.54) is 116 Å². The van der Waals surface area contributed by atoms with Crippen molar-refractivity contribution in [3.63, 3.8) is 0 Å². The van der Waals surface area contributed by atoms with Crippen molar-refractivity contribution in [1.29, 1.82) is 0 Å². The Kier molecular flexibility index (Phi) is 9.35. The first-order valence-electron chi connectivity index (χ1n) is 26.3. The summed E-state index contributed by atoms with van der Waals surface area (Å²) >= 11 is 0. The van der Waals surface area contributed by atoms with E-state index in [-0.39, 0.29) is 10.8 Å². The minimum atomic E-state index is -0.331. The predicted octanol–water partition coefficient (Wildman–Crippen LogP) is 19.3. The van der Waals surface area contributed by atoms with E-state index in [1.807, 2.05) is 0 Å². The van der Waals surface area contributed by atoms with Crippen LogP contribution in [0.2, 0.25) is 0 Å². The van der Waals surface area contributed by atoms with Gasteiger partial charge >= 0.3 is 0 Å². The third kappa shape index (κ3) is 6.41. The topological polar surface area (TPSA) is 13.1 Å². The first-order chi connectivity index (χ1) is 36.7. The van der Waals surface area contributed by atoms with Gasteiger partial charge in [-0.1, -0.05) is 191 Å². The van der Waals surface area contributed by atoms with Crippen molar-refractivity contribution in [1.82, 2.24) is 9.13 Å². The molecular weight excluding hydrogens is 907 g/mol. The molecule has 2 aromatic heterocycles. The van der Waals surface area contributed by atoms with Gasteiger partial charge in [0.25, 0.3) is 0 Å². The van der Waals surface area contributed by atoms with Gasteiger partial charge in [-0.2, -0.15) is 0 Å². The van der Waals surface area contributed by atoms with Crippen LogP contribution in [0.15, 0.2) is 249 Å². The summed E-state index contributed by atoms with van der Waals surface area (Å²) in [6.07, 6.45) is 0. The molecule has 2 aliphatic carbocycles. The van der Waals surface area contributed by atoms with Crippen LogP contribution in [0.3, 0.4) is 0 Å². The molecule has 2 heterocycles. The Hall–Kier alpha value is -9.18. The second-order valence-corrected chi connectivity index (χ2v) is 21.7. The van der Waals surface area contributed by atoms with Gasteiger partial charge in [-0.15, -0.1) is 0 Å². The fourth-order valence-corrected chi connectivity index (χ4v) is 13.3. The molecule has 0 amide bonds. The first-order valence-corrected chi connectivity index (χ1v) is 26.3. The lowest BCUT2D eigenvalue weighted by molar-refractivity contribution is 0.650. The average Bonchev–Trinajstić information content (AvgIpc) is 4.27. The molecule has 11 aromatic carbocycles. The molecule has 75 heavy (non-hydrogen) atoms. The molecule has 0 unspecified atom stereocenters. The van der Waals surface area contributed by atoms with Crippen molar-refractivity contribution in [2.45, 2.75) is 38.5 Å². The summed E-state index contributed by atoms with van der Waals surface area (Å²) in [5.41, 5.74) is 25.5. The summed E-state index contributed by atoms with van der Waals surface area (Å²) in [4.78, 5) is 2.43. The van der Waals surface area contributed by atoms with Crippen LogP contribution in [0.1, 0.15) is 49.9 Å². The fraction of sp³-hybridized carbons (Fsp3) is 0.0833. The lowest BCUT2D eigenvalue weighted by Gasteiger charge is -2.28. The summed E-state index contributed by atoms with van der Waals surface area (Å²) in [7, 11) is 0. The number of nitrogens with zero attached hydrogens (tertiary/aromatic N) is 3. The van der Waals surface area contributed by atoms with Crippen LogP contribution in [0, 0.1) is 0 Å². The van der Waals surface area contributed by atoms with E-state index in [9.17, 15) is 0 Å². The van der Waals surface area contributed by atoms with Crippen molar-refractivity contribution >= 4 is 60.7 Å². The Morgan fingerprint density at radius 1 is 0.293 bits per heavy atom. The molecule has 0 saturated carbocycles. The number of para-hydroxylation sites is 4. The highest BCUT2D eigenvalue weighted by Gasteiger charge is 2.44. The van der Waals surface area contributed by atoms with Crippen molar-refractivity contribution < 1.29 is 0 Å². The molecule has 3 nitrogen and oxygen atoms in total. The smallest absolute Gasteiger partial charge is 0.0541 e. The van der Waals surface area contributed by atoms with E-state index < -0.39 is 0 Å². The Morgan fingerprint density at radius 3 is 1.17 bits per heavy atom. The van der Waals surface area contributed by atoms with Gasteiger partial charge in [0.05, 0.1) is 27.8 Å². The second-order valence-electron chi connectivity index (χ2n) is 21.7. The number of benzene rings is 11. The molecule has 0 fully saturated rings. The molecule has 0 saturated heterocycles. The molecule has 0 atom stereocenters. The maximum Gasteiger partial charge on any atom is 0.0541 e. The quantitative estimate of drug-likeness (QED) is 0.155. The van der Waals surface area contributed by atoms with E-state index >= 15 is 0 Å². The molecule has 0 N–H and O–H groups in total. The van der Waals surface area contributed by atoms with Crippen LogP contribution >= 0.6 is 0 Å². The number of anilines is 3. The van der Waals surface area contributed by atoms with E-state index in [4.69, 9.17) is 0 Å². The molecule has 3 heteroatoms. The molecule has 0 bridgehead atoms. The monoisotopic (exact) mass is 959 g/mol. The largest absolute Gasteiger partial charge is 0.310 e. The summed E-state index contributed by atoms with van der Waals surface area (Å²) in [6.45, 7) is 9.77. The number of aromatic nitrogens is 2. The number of hydrogen-bond acceptors (Lipinski definition) is 1. The van der Waals surface area contributed by atoms with E-state index in [0.717, 1.165) is 22.7 Å². The summed E-state index contributed by atoms with van der Waals surface area (Å²) in [6, 6.07) is 92.4. The lowest BCUT2D eigenvalue weighted by atomic mass is 9.79. The molecule has 356 valence electrons.